The predicted molar refractivity (Wildman–Crippen MR) is 50.7 cm³/mol. The molecule has 0 aromatic rings. The van der Waals surface area contributed by atoms with Gasteiger partial charge in [-0.3, -0.25) is 4.79 Å². The molecule has 1 saturated heterocycles. The van der Waals surface area contributed by atoms with Crippen LogP contribution in [-0.2, 0) is 4.79 Å². The van der Waals surface area contributed by atoms with Crippen LogP contribution in [0.25, 0.3) is 0 Å². The van der Waals surface area contributed by atoms with Crippen molar-refractivity contribution in [2.45, 2.75) is 18.2 Å². The molecule has 1 heterocycles. The van der Waals surface area contributed by atoms with Crippen LogP contribution in [-0.4, -0.2) is 35.7 Å². The summed E-state index contributed by atoms with van der Waals surface area (Å²) >= 11 is 11.4. The van der Waals surface area contributed by atoms with Gasteiger partial charge in [0.15, 0.2) is 0 Å². The zero-order chi connectivity index (χ0) is 9.14. The standard InChI is InChI=1S/C8H13Cl2NO/c1-11-3-2-6(8(11)12)4-7(10)5-9/h6-7H,2-5H2,1H3. The average molecular weight is 210 g/mol. The SMILES string of the molecule is CN1CCC(CC(Cl)CCl)C1=O. The molecule has 0 bridgehead atoms. The zero-order valence-electron chi connectivity index (χ0n) is 7.09. The molecule has 1 aliphatic rings. The minimum absolute atomic E-state index is 0.0629. The van der Waals surface area contributed by atoms with E-state index in [1.54, 1.807) is 4.90 Å². The second kappa shape index (κ2) is 4.33. The number of carbonyl (C=O) groups is 1. The molecule has 0 radical (unpaired) electrons. The van der Waals surface area contributed by atoms with Gasteiger partial charge >= 0.3 is 0 Å². The molecular weight excluding hydrogens is 197 g/mol. The van der Waals surface area contributed by atoms with E-state index in [0.717, 1.165) is 13.0 Å². The second-order valence-electron chi connectivity index (χ2n) is 3.23. The third-order valence-electron chi connectivity index (χ3n) is 2.25. The van der Waals surface area contributed by atoms with Crippen LogP contribution in [0.15, 0.2) is 0 Å². The first-order valence-corrected chi connectivity index (χ1v) is 5.07. The van der Waals surface area contributed by atoms with Crippen LogP contribution >= 0.6 is 23.2 Å². The van der Waals surface area contributed by atoms with Gasteiger partial charge in [-0.2, -0.15) is 0 Å². The van der Waals surface area contributed by atoms with Crippen LogP contribution in [0.2, 0.25) is 0 Å². The maximum absolute atomic E-state index is 11.4. The summed E-state index contributed by atoms with van der Waals surface area (Å²) in [6, 6.07) is 0. The zero-order valence-corrected chi connectivity index (χ0v) is 8.61. The van der Waals surface area contributed by atoms with Gasteiger partial charge in [0.05, 0.1) is 0 Å². The first kappa shape index (κ1) is 10.1. The van der Waals surface area contributed by atoms with Gasteiger partial charge in [0, 0.05) is 30.8 Å². The van der Waals surface area contributed by atoms with E-state index >= 15 is 0 Å². The molecule has 2 nitrogen and oxygen atoms in total. The Labute approximate surface area is 82.8 Å². The fraction of sp³-hybridized carbons (Fsp3) is 0.875. The highest BCUT2D eigenvalue weighted by Crippen LogP contribution is 2.23. The van der Waals surface area contributed by atoms with Crippen molar-refractivity contribution in [2.75, 3.05) is 19.5 Å². The fourth-order valence-electron chi connectivity index (χ4n) is 1.49. The molecule has 12 heavy (non-hydrogen) atoms. The number of hydrogen-bond donors (Lipinski definition) is 0. The summed E-state index contributed by atoms with van der Waals surface area (Å²) in [6.45, 7) is 0.857. The first-order chi connectivity index (χ1) is 5.65. The van der Waals surface area contributed by atoms with Crippen molar-refractivity contribution >= 4 is 29.1 Å². The van der Waals surface area contributed by atoms with Gasteiger partial charge in [0.1, 0.15) is 0 Å². The number of hydrogen-bond acceptors (Lipinski definition) is 1. The molecule has 0 aromatic heterocycles. The summed E-state index contributed by atoms with van der Waals surface area (Å²) in [7, 11) is 1.83. The lowest BCUT2D eigenvalue weighted by Crippen LogP contribution is -2.24. The second-order valence-corrected chi connectivity index (χ2v) is 4.16. The van der Waals surface area contributed by atoms with E-state index in [-0.39, 0.29) is 17.2 Å². The van der Waals surface area contributed by atoms with Gasteiger partial charge in [0.25, 0.3) is 0 Å². The van der Waals surface area contributed by atoms with E-state index in [2.05, 4.69) is 0 Å². The number of carbonyl (C=O) groups excluding carboxylic acids is 1. The van der Waals surface area contributed by atoms with E-state index in [0.29, 0.717) is 12.3 Å². The van der Waals surface area contributed by atoms with Crippen molar-refractivity contribution in [3.8, 4) is 0 Å². The Balaban J connectivity index is 2.39. The van der Waals surface area contributed by atoms with Gasteiger partial charge in [0.2, 0.25) is 5.91 Å². The third-order valence-corrected chi connectivity index (χ3v) is 3.11. The maximum Gasteiger partial charge on any atom is 0.225 e. The van der Waals surface area contributed by atoms with Crippen LogP contribution in [0.5, 0.6) is 0 Å². The maximum atomic E-state index is 11.4. The predicted octanol–water partition coefficient (Wildman–Crippen LogP) is 1.70. The van der Waals surface area contributed by atoms with Gasteiger partial charge in [-0.15, -0.1) is 23.2 Å². The molecule has 1 fully saturated rings. The highest BCUT2D eigenvalue weighted by Gasteiger charge is 2.30. The average Bonchev–Trinajstić information content (AvgIpc) is 2.36. The van der Waals surface area contributed by atoms with Gasteiger partial charge in [-0.05, 0) is 12.8 Å². The Morgan fingerprint density at radius 2 is 2.42 bits per heavy atom. The van der Waals surface area contributed by atoms with Crippen molar-refractivity contribution in [3.05, 3.63) is 0 Å². The van der Waals surface area contributed by atoms with Crippen molar-refractivity contribution in [1.29, 1.82) is 0 Å². The lowest BCUT2D eigenvalue weighted by Gasteiger charge is -2.11. The molecule has 0 aliphatic carbocycles. The molecule has 1 rings (SSSR count). The topological polar surface area (TPSA) is 20.3 Å². The fourth-order valence-corrected chi connectivity index (χ4v) is 1.83. The van der Waals surface area contributed by atoms with E-state index in [9.17, 15) is 4.79 Å². The first-order valence-electron chi connectivity index (χ1n) is 4.10. The largest absolute Gasteiger partial charge is 0.345 e. The van der Waals surface area contributed by atoms with Crippen molar-refractivity contribution in [3.63, 3.8) is 0 Å². The van der Waals surface area contributed by atoms with Crippen LogP contribution in [0.1, 0.15) is 12.8 Å². The van der Waals surface area contributed by atoms with Gasteiger partial charge < -0.3 is 4.90 Å². The highest BCUT2D eigenvalue weighted by molar-refractivity contribution is 6.28. The molecule has 2 atom stereocenters. The molecule has 1 aliphatic heterocycles. The number of halogens is 2. The van der Waals surface area contributed by atoms with Crippen molar-refractivity contribution in [2.24, 2.45) is 5.92 Å². The Morgan fingerprint density at radius 1 is 1.75 bits per heavy atom. The Kier molecular flexibility index (Phi) is 3.66. The van der Waals surface area contributed by atoms with Gasteiger partial charge in [-0.1, -0.05) is 0 Å². The molecule has 0 N–H and O–H groups in total. The Morgan fingerprint density at radius 3 is 2.83 bits per heavy atom. The van der Waals surface area contributed by atoms with Crippen LogP contribution in [0.3, 0.4) is 0 Å². The molecule has 0 spiro atoms. The summed E-state index contributed by atoms with van der Waals surface area (Å²) in [5.41, 5.74) is 0. The van der Waals surface area contributed by atoms with E-state index < -0.39 is 0 Å². The molecule has 2 unspecified atom stereocenters. The summed E-state index contributed by atoms with van der Waals surface area (Å²) in [5, 5.41) is -0.0629. The molecule has 1 amide bonds. The van der Waals surface area contributed by atoms with E-state index in [4.69, 9.17) is 23.2 Å². The smallest absolute Gasteiger partial charge is 0.225 e. The highest BCUT2D eigenvalue weighted by atomic mass is 35.5. The summed E-state index contributed by atoms with van der Waals surface area (Å²) in [4.78, 5) is 13.1. The summed E-state index contributed by atoms with van der Waals surface area (Å²) < 4.78 is 0. The number of alkyl halides is 2. The number of nitrogens with zero attached hydrogens (tertiary/aromatic N) is 1. The number of likely N-dealkylation sites (tertiary alicyclic amines) is 1. The monoisotopic (exact) mass is 209 g/mol. The quantitative estimate of drug-likeness (QED) is 0.649. The van der Waals surface area contributed by atoms with Crippen LogP contribution in [0.4, 0.5) is 0 Å². The minimum Gasteiger partial charge on any atom is -0.345 e. The van der Waals surface area contributed by atoms with E-state index in [1.165, 1.54) is 0 Å². The minimum atomic E-state index is -0.0629. The summed E-state index contributed by atoms with van der Waals surface area (Å²) in [5.74, 6) is 0.747. The lowest BCUT2D eigenvalue weighted by molar-refractivity contribution is -0.129. The van der Waals surface area contributed by atoms with Crippen LogP contribution in [0, 0.1) is 5.92 Å². The Hall–Kier alpha value is 0.0500. The molecule has 0 aromatic carbocycles. The van der Waals surface area contributed by atoms with Crippen LogP contribution < -0.4 is 0 Å². The van der Waals surface area contributed by atoms with E-state index in [1.807, 2.05) is 7.05 Å². The lowest BCUT2D eigenvalue weighted by atomic mass is 10.0. The normalized spacial score (nSPS) is 26.4. The van der Waals surface area contributed by atoms with Crippen molar-refractivity contribution in [1.82, 2.24) is 4.90 Å². The molecule has 0 saturated carbocycles. The molecule has 4 heteroatoms. The Bertz CT molecular complexity index is 174. The number of rotatable bonds is 3. The third kappa shape index (κ3) is 2.27. The van der Waals surface area contributed by atoms with Gasteiger partial charge in [-0.25, -0.2) is 0 Å². The number of amides is 1. The summed E-state index contributed by atoms with van der Waals surface area (Å²) in [6.07, 6.45) is 1.64. The molecular formula is C8H13Cl2NO. The molecule has 70 valence electrons. The van der Waals surface area contributed by atoms with Crippen molar-refractivity contribution < 1.29 is 4.79 Å².